The molecule has 0 radical (unpaired) electrons. The summed E-state index contributed by atoms with van der Waals surface area (Å²) in [5.74, 6) is 0.0630. The Morgan fingerprint density at radius 1 is 0.851 bits per heavy atom. The van der Waals surface area contributed by atoms with Crippen LogP contribution in [0, 0.1) is 6.92 Å². The Morgan fingerprint density at radius 2 is 1.55 bits per heavy atom. The number of rotatable bonds is 7. The van der Waals surface area contributed by atoms with Crippen molar-refractivity contribution in [2.24, 2.45) is 0 Å². The Kier molecular flexibility index (Phi) is 8.92. The topological polar surface area (TPSA) is 107 Å². The molecule has 13 heteroatoms. The van der Waals surface area contributed by atoms with Gasteiger partial charge in [0.05, 0.1) is 10.9 Å². The number of aryl methyl sites for hydroxylation is 1. The summed E-state index contributed by atoms with van der Waals surface area (Å²) in [6.45, 7) is 6.80. The minimum atomic E-state index is -4.44. The first-order valence-electron chi connectivity index (χ1n) is 15.0. The fourth-order valence-electron chi connectivity index (χ4n) is 5.33. The van der Waals surface area contributed by atoms with Crippen LogP contribution < -0.4 is 16.0 Å². The molecule has 5 aromatic rings. The molecule has 0 spiro atoms. The van der Waals surface area contributed by atoms with Gasteiger partial charge in [0.1, 0.15) is 12.1 Å². The number of halogens is 3. The normalized spacial score (nSPS) is 14.2. The molecule has 1 fully saturated rings. The van der Waals surface area contributed by atoms with E-state index < -0.39 is 17.8 Å². The maximum absolute atomic E-state index is 13.4. The molecule has 1 aliphatic heterocycles. The van der Waals surface area contributed by atoms with E-state index in [1.165, 1.54) is 29.2 Å². The molecule has 0 unspecified atom stereocenters. The summed E-state index contributed by atoms with van der Waals surface area (Å²) in [6.07, 6.45) is -1.65. The van der Waals surface area contributed by atoms with E-state index in [1.807, 2.05) is 31.2 Å². The number of alkyl halides is 3. The van der Waals surface area contributed by atoms with Crippen molar-refractivity contribution >= 4 is 45.9 Å². The predicted molar refractivity (Wildman–Crippen MR) is 175 cm³/mol. The molecule has 0 atom stereocenters. The number of hydrogen-bond acceptors (Lipinski definition) is 7. The molecule has 1 saturated heterocycles. The summed E-state index contributed by atoms with van der Waals surface area (Å²) < 4.78 is 40.1. The first-order chi connectivity index (χ1) is 22.5. The average molecular weight is 643 g/mol. The first-order valence-corrected chi connectivity index (χ1v) is 15.0. The highest BCUT2D eigenvalue weighted by molar-refractivity contribution is 6.05. The van der Waals surface area contributed by atoms with Crippen molar-refractivity contribution in [2.45, 2.75) is 19.6 Å². The SMILES string of the molecule is Cc1ccc(NC(=O)c2ccc(CN3CCN(C)CC3)cc2)cc1NC(=O)n1ccc2c(Nc3ccc(C(F)(F)F)cc3)ncnc21. The molecule has 2 amide bonds. The zero-order chi connectivity index (χ0) is 33.1. The highest BCUT2D eigenvalue weighted by Gasteiger charge is 2.30. The molecule has 3 N–H and O–H groups in total. The number of aromatic nitrogens is 3. The molecule has 3 aromatic carbocycles. The molecule has 6 rings (SSSR count). The molecule has 47 heavy (non-hydrogen) atoms. The van der Waals surface area contributed by atoms with Crippen LogP contribution in [0.3, 0.4) is 0 Å². The standard InChI is InChI=1S/C34H33F3N8O2/c1-22-3-10-27(41-32(46)24-6-4-23(5-7-24)20-44-17-15-43(2)16-18-44)19-29(22)42-33(47)45-14-13-28-30(38-21-39-31(28)45)40-26-11-8-25(9-12-26)34(35,36)37/h3-14,19,21H,15-18,20H2,1-2H3,(H,41,46)(H,42,47)(H,38,39,40). The van der Waals surface area contributed by atoms with Gasteiger partial charge in [-0.3, -0.25) is 14.3 Å². The lowest BCUT2D eigenvalue weighted by Crippen LogP contribution is -2.43. The lowest BCUT2D eigenvalue weighted by Gasteiger charge is -2.32. The van der Waals surface area contributed by atoms with Crippen molar-refractivity contribution in [1.29, 1.82) is 0 Å². The molecule has 10 nitrogen and oxygen atoms in total. The van der Waals surface area contributed by atoms with Crippen LogP contribution >= 0.6 is 0 Å². The van der Waals surface area contributed by atoms with Crippen molar-refractivity contribution in [3.63, 3.8) is 0 Å². The van der Waals surface area contributed by atoms with Crippen LogP contribution in [0.1, 0.15) is 27.0 Å². The molecule has 0 saturated carbocycles. The summed E-state index contributed by atoms with van der Waals surface area (Å²) in [6, 6.07) is 18.5. The highest BCUT2D eigenvalue weighted by atomic mass is 19.4. The molecule has 2 aromatic heterocycles. The Labute approximate surface area is 269 Å². The summed E-state index contributed by atoms with van der Waals surface area (Å²) in [4.78, 5) is 39.6. The quantitative estimate of drug-likeness (QED) is 0.184. The van der Waals surface area contributed by atoms with Crippen molar-refractivity contribution < 1.29 is 22.8 Å². The van der Waals surface area contributed by atoms with Gasteiger partial charge in [-0.25, -0.2) is 14.8 Å². The van der Waals surface area contributed by atoms with Gasteiger partial charge in [-0.2, -0.15) is 13.2 Å². The third kappa shape index (κ3) is 7.42. The van der Waals surface area contributed by atoms with Crippen molar-refractivity contribution in [3.8, 4) is 0 Å². The van der Waals surface area contributed by atoms with Crippen molar-refractivity contribution in [1.82, 2.24) is 24.3 Å². The van der Waals surface area contributed by atoms with Crippen LogP contribution in [0.15, 0.2) is 85.3 Å². The van der Waals surface area contributed by atoms with Gasteiger partial charge in [0.2, 0.25) is 0 Å². The monoisotopic (exact) mass is 642 g/mol. The minimum Gasteiger partial charge on any atom is -0.340 e. The predicted octanol–water partition coefficient (Wildman–Crippen LogP) is 6.58. The number of fused-ring (bicyclic) bond motifs is 1. The summed E-state index contributed by atoms with van der Waals surface area (Å²) in [7, 11) is 2.13. The first kappa shape index (κ1) is 31.7. The van der Waals surface area contributed by atoms with Crippen LogP contribution in [0.25, 0.3) is 11.0 Å². The number of nitrogens with one attached hydrogen (secondary N) is 3. The number of benzene rings is 3. The van der Waals surface area contributed by atoms with Crippen LogP contribution in [0.2, 0.25) is 0 Å². The van der Waals surface area contributed by atoms with E-state index in [0.717, 1.165) is 56.0 Å². The van der Waals surface area contributed by atoms with Gasteiger partial charge in [-0.1, -0.05) is 18.2 Å². The molecule has 1 aliphatic rings. The average Bonchev–Trinajstić information content (AvgIpc) is 3.49. The van der Waals surface area contributed by atoms with Gasteiger partial charge in [-0.15, -0.1) is 0 Å². The van der Waals surface area contributed by atoms with Gasteiger partial charge in [0, 0.05) is 61.5 Å². The zero-order valence-corrected chi connectivity index (χ0v) is 25.8. The van der Waals surface area contributed by atoms with Gasteiger partial charge in [0.25, 0.3) is 5.91 Å². The van der Waals surface area contributed by atoms with Gasteiger partial charge in [0.15, 0.2) is 5.65 Å². The number of likely N-dealkylation sites (N-methyl/N-ethyl adjacent to an activating group) is 1. The number of carbonyl (C=O) groups excluding carboxylic acids is 2. The largest absolute Gasteiger partial charge is 0.416 e. The second-order valence-corrected chi connectivity index (χ2v) is 11.5. The molecule has 242 valence electrons. The van der Waals surface area contributed by atoms with Crippen LogP contribution in [-0.2, 0) is 12.7 Å². The summed E-state index contributed by atoms with van der Waals surface area (Å²) in [5, 5.41) is 9.27. The molecular formula is C34H33F3N8O2. The van der Waals surface area contributed by atoms with Gasteiger partial charge >= 0.3 is 12.2 Å². The lowest BCUT2D eigenvalue weighted by molar-refractivity contribution is -0.137. The van der Waals surface area contributed by atoms with E-state index in [4.69, 9.17) is 0 Å². The zero-order valence-electron chi connectivity index (χ0n) is 25.8. The van der Waals surface area contributed by atoms with E-state index in [2.05, 4.69) is 42.8 Å². The Morgan fingerprint density at radius 3 is 2.26 bits per heavy atom. The fourth-order valence-corrected chi connectivity index (χ4v) is 5.33. The smallest absolute Gasteiger partial charge is 0.340 e. The Hall–Kier alpha value is -5.27. The fraction of sp³-hybridized carbons (Fsp3) is 0.235. The Balaban J connectivity index is 1.11. The van der Waals surface area contributed by atoms with E-state index >= 15 is 0 Å². The van der Waals surface area contributed by atoms with Crippen LogP contribution in [0.5, 0.6) is 0 Å². The van der Waals surface area contributed by atoms with Crippen molar-refractivity contribution in [3.05, 3.63) is 108 Å². The van der Waals surface area contributed by atoms with E-state index in [9.17, 15) is 22.8 Å². The van der Waals surface area contributed by atoms with E-state index in [-0.39, 0.29) is 5.91 Å². The van der Waals surface area contributed by atoms with Crippen LogP contribution in [0.4, 0.5) is 40.8 Å². The van der Waals surface area contributed by atoms with Gasteiger partial charge < -0.3 is 20.9 Å². The second kappa shape index (κ2) is 13.2. The maximum atomic E-state index is 13.4. The van der Waals surface area contributed by atoms with Crippen LogP contribution in [-0.4, -0.2) is 69.5 Å². The lowest BCUT2D eigenvalue weighted by atomic mass is 10.1. The summed E-state index contributed by atoms with van der Waals surface area (Å²) in [5.41, 5.74) is 3.39. The number of piperazine rings is 1. The second-order valence-electron chi connectivity index (χ2n) is 11.5. The van der Waals surface area contributed by atoms with E-state index in [0.29, 0.717) is 39.5 Å². The summed E-state index contributed by atoms with van der Waals surface area (Å²) >= 11 is 0. The number of hydrogen-bond donors (Lipinski definition) is 3. The number of anilines is 4. The number of nitrogens with zero attached hydrogens (tertiary/aromatic N) is 5. The third-order valence-corrected chi connectivity index (χ3v) is 8.13. The van der Waals surface area contributed by atoms with Gasteiger partial charge in [-0.05, 0) is 79.7 Å². The van der Waals surface area contributed by atoms with Crippen molar-refractivity contribution in [2.75, 3.05) is 49.2 Å². The van der Waals surface area contributed by atoms with E-state index in [1.54, 1.807) is 24.3 Å². The Bertz CT molecular complexity index is 1900. The third-order valence-electron chi connectivity index (χ3n) is 8.13. The molecule has 0 bridgehead atoms. The molecular weight excluding hydrogens is 609 g/mol. The number of amides is 2. The maximum Gasteiger partial charge on any atom is 0.416 e. The molecule has 0 aliphatic carbocycles. The number of carbonyl (C=O) groups is 2. The minimum absolute atomic E-state index is 0.265. The highest BCUT2D eigenvalue weighted by Crippen LogP contribution is 2.31. The molecule has 3 heterocycles.